The Morgan fingerprint density at radius 3 is 2.20 bits per heavy atom. The highest BCUT2D eigenvalue weighted by Crippen LogP contribution is 2.22. The molecule has 1 aliphatic rings. The van der Waals surface area contributed by atoms with Gasteiger partial charge in [0.15, 0.2) is 0 Å². The largest absolute Gasteiger partial charge is 0.478 e. The van der Waals surface area contributed by atoms with E-state index in [4.69, 9.17) is 21.8 Å². The first-order valence-electron chi connectivity index (χ1n) is 11.7. The normalized spacial score (nSPS) is 14.5. The third-order valence-electron chi connectivity index (χ3n) is 6.00. The van der Waals surface area contributed by atoms with E-state index in [0.29, 0.717) is 12.2 Å². The summed E-state index contributed by atoms with van der Waals surface area (Å²) in [5.74, 6) is -1.74. The standard InChI is InChI=1S/C24H27ClN2.C4H4O4/c25-24-8-4-3-7-23(24)18-27-13-11-19(12-14-27)16-26-17-20-9-10-21-5-1-2-6-22(21)15-20;5-3(6)1-2-4(7)8/h1-10,15,19,26H,11-14,16-18H2;1-2H,(H,5,6)(H,7,8)/b;2-1+. The van der Waals surface area contributed by atoms with Gasteiger partial charge in [-0.25, -0.2) is 9.59 Å². The van der Waals surface area contributed by atoms with E-state index in [2.05, 4.69) is 64.8 Å². The summed E-state index contributed by atoms with van der Waals surface area (Å²) in [6.07, 6.45) is 3.63. The molecule has 0 bridgehead atoms. The Morgan fingerprint density at radius 1 is 0.914 bits per heavy atom. The summed E-state index contributed by atoms with van der Waals surface area (Å²) >= 11 is 6.30. The van der Waals surface area contributed by atoms with Gasteiger partial charge >= 0.3 is 11.9 Å². The number of piperidine rings is 1. The lowest BCUT2D eigenvalue weighted by Crippen LogP contribution is -2.36. The molecule has 6 nitrogen and oxygen atoms in total. The first-order valence-corrected chi connectivity index (χ1v) is 12.1. The molecule has 7 heteroatoms. The van der Waals surface area contributed by atoms with E-state index in [1.165, 1.54) is 34.7 Å². The molecule has 4 rings (SSSR count). The zero-order chi connectivity index (χ0) is 25.0. The maximum atomic E-state index is 9.55. The zero-order valence-electron chi connectivity index (χ0n) is 19.6. The van der Waals surface area contributed by atoms with Gasteiger partial charge in [-0.1, -0.05) is 66.2 Å². The number of benzene rings is 3. The highest BCUT2D eigenvalue weighted by atomic mass is 35.5. The minimum Gasteiger partial charge on any atom is -0.478 e. The van der Waals surface area contributed by atoms with Crippen molar-refractivity contribution in [1.82, 2.24) is 10.2 Å². The number of nitrogens with zero attached hydrogens (tertiary/aromatic N) is 1. The van der Waals surface area contributed by atoms with Crippen molar-refractivity contribution in [2.24, 2.45) is 5.92 Å². The van der Waals surface area contributed by atoms with E-state index in [1.807, 2.05) is 12.1 Å². The number of hydrogen-bond donors (Lipinski definition) is 3. The van der Waals surface area contributed by atoms with Gasteiger partial charge in [0.25, 0.3) is 0 Å². The molecular formula is C28H31ClN2O4. The van der Waals surface area contributed by atoms with Crippen LogP contribution in [0.2, 0.25) is 5.02 Å². The summed E-state index contributed by atoms with van der Waals surface area (Å²) < 4.78 is 0. The van der Waals surface area contributed by atoms with E-state index in [-0.39, 0.29) is 0 Å². The lowest BCUT2D eigenvalue weighted by atomic mass is 9.96. The average Bonchev–Trinajstić information content (AvgIpc) is 2.85. The summed E-state index contributed by atoms with van der Waals surface area (Å²) in [6.45, 7) is 5.34. The Hall–Kier alpha value is -3.19. The first-order chi connectivity index (χ1) is 16.9. The fourth-order valence-corrected chi connectivity index (χ4v) is 4.32. The maximum Gasteiger partial charge on any atom is 0.328 e. The number of fused-ring (bicyclic) bond motifs is 1. The average molecular weight is 495 g/mol. The van der Waals surface area contributed by atoms with Crippen LogP contribution in [0.3, 0.4) is 0 Å². The highest BCUT2D eigenvalue weighted by Gasteiger charge is 2.19. The Bertz CT molecular complexity index is 1140. The fourth-order valence-electron chi connectivity index (χ4n) is 4.13. The molecule has 184 valence electrons. The highest BCUT2D eigenvalue weighted by molar-refractivity contribution is 6.31. The van der Waals surface area contributed by atoms with Crippen LogP contribution in [-0.4, -0.2) is 46.7 Å². The van der Waals surface area contributed by atoms with Crippen LogP contribution in [0.4, 0.5) is 0 Å². The SMILES string of the molecule is Clc1ccccc1CN1CCC(CNCc2ccc3ccccc3c2)CC1.O=C(O)/C=C/C(=O)O. The number of nitrogens with one attached hydrogen (secondary N) is 1. The lowest BCUT2D eigenvalue weighted by Gasteiger charge is -2.32. The molecule has 1 aliphatic heterocycles. The van der Waals surface area contributed by atoms with Crippen molar-refractivity contribution in [3.63, 3.8) is 0 Å². The van der Waals surface area contributed by atoms with E-state index >= 15 is 0 Å². The number of rotatable bonds is 8. The molecule has 35 heavy (non-hydrogen) atoms. The molecule has 3 aromatic rings. The Labute approximate surface area is 210 Å². The van der Waals surface area contributed by atoms with Crippen LogP contribution in [0.1, 0.15) is 24.0 Å². The van der Waals surface area contributed by atoms with Crippen LogP contribution in [0, 0.1) is 5.92 Å². The molecular weight excluding hydrogens is 464 g/mol. The third-order valence-corrected chi connectivity index (χ3v) is 6.37. The number of carbonyl (C=O) groups is 2. The van der Waals surface area contributed by atoms with E-state index in [9.17, 15) is 9.59 Å². The van der Waals surface area contributed by atoms with Crippen LogP contribution < -0.4 is 5.32 Å². The number of carboxylic acid groups (broad SMARTS) is 2. The summed E-state index contributed by atoms with van der Waals surface area (Å²) in [7, 11) is 0. The van der Waals surface area contributed by atoms with Crippen molar-refractivity contribution in [2.45, 2.75) is 25.9 Å². The van der Waals surface area contributed by atoms with Crippen molar-refractivity contribution < 1.29 is 19.8 Å². The molecule has 3 N–H and O–H groups in total. The van der Waals surface area contributed by atoms with Gasteiger partial charge < -0.3 is 15.5 Å². The van der Waals surface area contributed by atoms with Crippen LogP contribution in [0.5, 0.6) is 0 Å². The van der Waals surface area contributed by atoms with Crippen molar-refractivity contribution in [1.29, 1.82) is 0 Å². The van der Waals surface area contributed by atoms with E-state index in [1.54, 1.807) is 0 Å². The molecule has 1 saturated heterocycles. The quantitative estimate of drug-likeness (QED) is 0.372. The van der Waals surface area contributed by atoms with Gasteiger partial charge in [0.2, 0.25) is 0 Å². The van der Waals surface area contributed by atoms with Crippen LogP contribution in [0.25, 0.3) is 10.8 Å². The van der Waals surface area contributed by atoms with Gasteiger partial charge in [0.1, 0.15) is 0 Å². The number of halogens is 1. The van der Waals surface area contributed by atoms with E-state index < -0.39 is 11.9 Å². The predicted molar refractivity (Wildman–Crippen MR) is 140 cm³/mol. The van der Waals surface area contributed by atoms with Gasteiger partial charge in [-0.15, -0.1) is 0 Å². The summed E-state index contributed by atoms with van der Waals surface area (Å²) in [5.41, 5.74) is 2.61. The number of likely N-dealkylation sites (tertiary alicyclic amines) is 1. The molecule has 0 saturated carbocycles. The smallest absolute Gasteiger partial charge is 0.328 e. The number of carboxylic acids is 2. The lowest BCUT2D eigenvalue weighted by molar-refractivity contribution is -0.134. The number of aliphatic carboxylic acids is 2. The van der Waals surface area contributed by atoms with Gasteiger partial charge in [-0.3, -0.25) is 4.90 Å². The first kappa shape index (κ1) is 26.4. The van der Waals surface area contributed by atoms with Crippen LogP contribution in [-0.2, 0) is 22.7 Å². The molecule has 0 amide bonds. The van der Waals surface area contributed by atoms with Crippen molar-refractivity contribution >= 4 is 34.3 Å². The molecule has 0 spiro atoms. The third kappa shape index (κ3) is 9.17. The second-order valence-electron chi connectivity index (χ2n) is 8.63. The van der Waals surface area contributed by atoms with Crippen molar-refractivity contribution in [3.8, 4) is 0 Å². The Balaban J connectivity index is 0.000000371. The molecule has 0 aromatic heterocycles. The predicted octanol–water partition coefficient (Wildman–Crippen LogP) is 5.21. The second-order valence-corrected chi connectivity index (χ2v) is 9.04. The monoisotopic (exact) mass is 494 g/mol. The molecule has 1 fully saturated rings. The van der Waals surface area contributed by atoms with Crippen molar-refractivity contribution in [2.75, 3.05) is 19.6 Å². The Morgan fingerprint density at radius 2 is 1.54 bits per heavy atom. The van der Waals surface area contributed by atoms with E-state index in [0.717, 1.165) is 43.7 Å². The molecule has 0 unspecified atom stereocenters. The number of hydrogen-bond acceptors (Lipinski definition) is 4. The molecule has 0 radical (unpaired) electrons. The molecule has 3 aromatic carbocycles. The van der Waals surface area contributed by atoms with Gasteiger partial charge in [-0.05, 0) is 72.4 Å². The van der Waals surface area contributed by atoms with Crippen LogP contribution in [0.15, 0.2) is 78.9 Å². The topological polar surface area (TPSA) is 89.9 Å². The summed E-state index contributed by atoms with van der Waals surface area (Å²) in [4.78, 5) is 21.6. The molecule has 1 heterocycles. The van der Waals surface area contributed by atoms with Crippen molar-refractivity contribution in [3.05, 3.63) is 95.0 Å². The minimum absolute atomic E-state index is 0.558. The zero-order valence-corrected chi connectivity index (χ0v) is 20.3. The van der Waals surface area contributed by atoms with Gasteiger partial charge in [0, 0.05) is 30.3 Å². The Kier molecular flexibility index (Phi) is 10.3. The maximum absolute atomic E-state index is 9.55. The second kappa shape index (κ2) is 13.6. The van der Waals surface area contributed by atoms with Gasteiger partial charge in [-0.2, -0.15) is 0 Å². The minimum atomic E-state index is -1.26. The summed E-state index contributed by atoms with van der Waals surface area (Å²) in [5, 5.41) is 22.8. The molecule has 0 atom stereocenters. The van der Waals surface area contributed by atoms with Crippen LogP contribution >= 0.6 is 11.6 Å². The fraction of sp³-hybridized carbons (Fsp3) is 0.286. The van der Waals surface area contributed by atoms with Gasteiger partial charge in [0.05, 0.1) is 0 Å². The molecule has 0 aliphatic carbocycles. The summed E-state index contributed by atoms with van der Waals surface area (Å²) in [6, 6.07) is 23.5.